The molecule has 0 spiro atoms. The standard InChI is InChI=1S/C12H22N2S2/c1-3-10(2)16-9-11(14-13)6-7-12-5-4-8-15-12/h4-5,8,10-11,14H,3,6-7,9,13H2,1-2H3. The van der Waals surface area contributed by atoms with Crippen molar-refractivity contribution in [3.8, 4) is 0 Å². The van der Waals surface area contributed by atoms with Crippen LogP contribution in [0, 0.1) is 0 Å². The Morgan fingerprint density at radius 2 is 2.38 bits per heavy atom. The number of rotatable bonds is 8. The molecule has 0 aliphatic rings. The predicted molar refractivity (Wildman–Crippen MR) is 76.0 cm³/mol. The molecule has 2 nitrogen and oxygen atoms in total. The van der Waals surface area contributed by atoms with Gasteiger partial charge in [0.25, 0.3) is 0 Å². The van der Waals surface area contributed by atoms with Crippen LogP contribution in [0.3, 0.4) is 0 Å². The van der Waals surface area contributed by atoms with Crippen molar-refractivity contribution < 1.29 is 0 Å². The van der Waals surface area contributed by atoms with Crippen LogP contribution < -0.4 is 11.3 Å². The minimum absolute atomic E-state index is 0.432. The maximum Gasteiger partial charge on any atom is 0.0304 e. The van der Waals surface area contributed by atoms with E-state index in [-0.39, 0.29) is 0 Å². The van der Waals surface area contributed by atoms with E-state index in [4.69, 9.17) is 5.84 Å². The summed E-state index contributed by atoms with van der Waals surface area (Å²) in [6.45, 7) is 4.51. The second kappa shape index (κ2) is 8.12. The van der Waals surface area contributed by atoms with Gasteiger partial charge in [-0.1, -0.05) is 19.9 Å². The summed E-state index contributed by atoms with van der Waals surface area (Å²) >= 11 is 3.84. The molecule has 2 atom stereocenters. The summed E-state index contributed by atoms with van der Waals surface area (Å²) in [5.74, 6) is 6.69. The van der Waals surface area contributed by atoms with Crippen LogP contribution in [-0.2, 0) is 6.42 Å². The minimum atomic E-state index is 0.432. The van der Waals surface area contributed by atoms with Crippen molar-refractivity contribution in [2.45, 2.75) is 44.4 Å². The molecule has 0 saturated carbocycles. The number of thiophene rings is 1. The Balaban J connectivity index is 2.21. The van der Waals surface area contributed by atoms with Crippen molar-refractivity contribution in [3.63, 3.8) is 0 Å². The summed E-state index contributed by atoms with van der Waals surface area (Å²) in [6.07, 6.45) is 3.49. The smallest absolute Gasteiger partial charge is 0.0304 e. The molecule has 0 aliphatic heterocycles. The summed E-state index contributed by atoms with van der Waals surface area (Å²) in [6, 6.07) is 4.74. The zero-order valence-corrected chi connectivity index (χ0v) is 11.7. The van der Waals surface area contributed by atoms with E-state index in [9.17, 15) is 0 Å². The third-order valence-electron chi connectivity index (χ3n) is 2.71. The number of hydrogen-bond acceptors (Lipinski definition) is 4. The number of nitrogens with one attached hydrogen (secondary N) is 1. The van der Waals surface area contributed by atoms with Crippen LogP contribution >= 0.6 is 23.1 Å². The first kappa shape index (κ1) is 14.0. The Kier molecular flexibility index (Phi) is 7.12. The Morgan fingerprint density at radius 1 is 1.56 bits per heavy atom. The van der Waals surface area contributed by atoms with E-state index in [2.05, 4.69) is 36.8 Å². The fraction of sp³-hybridized carbons (Fsp3) is 0.667. The number of hydrazine groups is 1. The van der Waals surface area contributed by atoms with Crippen LogP contribution in [0.5, 0.6) is 0 Å². The Hall–Kier alpha value is -0.0300. The summed E-state index contributed by atoms with van der Waals surface area (Å²) in [5.41, 5.74) is 2.93. The topological polar surface area (TPSA) is 38.0 Å². The molecule has 0 amide bonds. The molecule has 0 fully saturated rings. The maximum atomic E-state index is 5.58. The van der Waals surface area contributed by atoms with Crippen molar-refractivity contribution in [2.24, 2.45) is 5.84 Å². The van der Waals surface area contributed by atoms with Gasteiger partial charge >= 0.3 is 0 Å². The number of aryl methyl sites for hydroxylation is 1. The van der Waals surface area contributed by atoms with E-state index in [1.807, 2.05) is 23.1 Å². The molecule has 3 N–H and O–H groups in total. The van der Waals surface area contributed by atoms with E-state index in [0.29, 0.717) is 6.04 Å². The summed E-state index contributed by atoms with van der Waals surface area (Å²) in [7, 11) is 0. The molecule has 1 rings (SSSR count). The quantitative estimate of drug-likeness (QED) is 0.556. The minimum Gasteiger partial charge on any atom is -0.271 e. The van der Waals surface area contributed by atoms with E-state index in [0.717, 1.165) is 23.8 Å². The molecule has 0 bridgehead atoms. The Labute approximate surface area is 107 Å². The molecule has 0 saturated heterocycles. The first-order chi connectivity index (χ1) is 7.76. The van der Waals surface area contributed by atoms with Crippen LogP contribution in [0.25, 0.3) is 0 Å². The van der Waals surface area contributed by atoms with Crippen LogP contribution in [0.15, 0.2) is 17.5 Å². The molecule has 1 aromatic rings. The molecule has 4 heteroatoms. The lowest BCUT2D eigenvalue weighted by Crippen LogP contribution is -2.37. The lowest BCUT2D eigenvalue weighted by molar-refractivity contribution is 0.540. The van der Waals surface area contributed by atoms with Gasteiger partial charge in [-0.2, -0.15) is 11.8 Å². The van der Waals surface area contributed by atoms with Gasteiger partial charge < -0.3 is 0 Å². The lowest BCUT2D eigenvalue weighted by atomic mass is 10.2. The van der Waals surface area contributed by atoms with Gasteiger partial charge in [-0.3, -0.25) is 11.3 Å². The van der Waals surface area contributed by atoms with Crippen LogP contribution in [-0.4, -0.2) is 17.0 Å². The third kappa shape index (κ3) is 5.34. The van der Waals surface area contributed by atoms with E-state index in [1.54, 1.807) is 0 Å². The number of hydrogen-bond donors (Lipinski definition) is 2. The van der Waals surface area contributed by atoms with Gasteiger partial charge in [0.1, 0.15) is 0 Å². The first-order valence-electron chi connectivity index (χ1n) is 5.86. The van der Waals surface area contributed by atoms with Gasteiger partial charge in [-0.15, -0.1) is 11.3 Å². The average Bonchev–Trinajstić information content (AvgIpc) is 2.81. The first-order valence-corrected chi connectivity index (χ1v) is 7.79. The normalized spacial score (nSPS) is 14.9. The molecule has 2 unspecified atom stereocenters. The highest BCUT2D eigenvalue weighted by molar-refractivity contribution is 7.99. The fourth-order valence-electron chi connectivity index (χ4n) is 1.38. The monoisotopic (exact) mass is 258 g/mol. The van der Waals surface area contributed by atoms with Gasteiger partial charge in [-0.05, 0) is 30.7 Å². The zero-order valence-electron chi connectivity index (χ0n) is 10.1. The van der Waals surface area contributed by atoms with E-state index in [1.165, 1.54) is 11.3 Å². The SMILES string of the molecule is CCC(C)SCC(CCc1cccs1)NN. The highest BCUT2D eigenvalue weighted by Gasteiger charge is 2.09. The fourth-order valence-corrected chi connectivity index (χ4v) is 3.17. The highest BCUT2D eigenvalue weighted by Crippen LogP contribution is 2.17. The van der Waals surface area contributed by atoms with Crippen molar-refractivity contribution in [2.75, 3.05) is 5.75 Å². The van der Waals surface area contributed by atoms with Crippen LogP contribution in [0.2, 0.25) is 0 Å². The molecule has 92 valence electrons. The van der Waals surface area contributed by atoms with Crippen molar-refractivity contribution >= 4 is 23.1 Å². The van der Waals surface area contributed by atoms with Crippen molar-refractivity contribution in [1.82, 2.24) is 5.43 Å². The Morgan fingerprint density at radius 3 is 2.94 bits per heavy atom. The maximum absolute atomic E-state index is 5.58. The molecule has 0 radical (unpaired) electrons. The van der Waals surface area contributed by atoms with Gasteiger partial charge in [0.05, 0.1) is 0 Å². The number of nitrogens with two attached hydrogens (primary N) is 1. The molecule has 0 aromatic carbocycles. The second-order valence-corrected chi connectivity index (χ2v) is 6.54. The molecule has 1 aromatic heterocycles. The van der Waals surface area contributed by atoms with Crippen molar-refractivity contribution in [1.29, 1.82) is 0 Å². The zero-order chi connectivity index (χ0) is 11.8. The largest absolute Gasteiger partial charge is 0.271 e. The molecule has 16 heavy (non-hydrogen) atoms. The second-order valence-electron chi connectivity index (χ2n) is 4.03. The van der Waals surface area contributed by atoms with E-state index < -0.39 is 0 Å². The molecule has 1 heterocycles. The van der Waals surface area contributed by atoms with Gasteiger partial charge in [0.2, 0.25) is 0 Å². The highest BCUT2D eigenvalue weighted by atomic mass is 32.2. The predicted octanol–water partition coefficient (Wildman–Crippen LogP) is 3.04. The average molecular weight is 258 g/mol. The third-order valence-corrected chi connectivity index (χ3v) is 5.15. The van der Waals surface area contributed by atoms with Crippen LogP contribution in [0.1, 0.15) is 31.6 Å². The number of thioether (sulfide) groups is 1. The van der Waals surface area contributed by atoms with Crippen molar-refractivity contribution in [3.05, 3.63) is 22.4 Å². The molecular formula is C12H22N2S2. The van der Waals surface area contributed by atoms with Gasteiger partial charge in [-0.25, -0.2) is 0 Å². The van der Waals surface area contributed by atoms with Gasteiger partial charge in [0.15, 0.2) is 0 Å². The molecule has 0 aliphatic carbocycles. The Bertz CT molecular complexity index is 262. The summed E-state index contributed by atoms with van der Waals surface area (Å²) in [4.78, 5) is 1.45. The van der Waals surface area contributed by atoms with Gasteiger partial charge in [0, 0.05) is 21.9 Å². The summed E-state index contributed by atoms with van der Waals surface area (Å²) in [5, 5.41) is 2.87. The van der Waals surface area contributed by atoms with E-state index >= 15 is 0 Å². The summed E-state index contributed by atoms with van der Waals surface area (Å²) < 4.78 is 0. The molecular weight excluding hydrogens is 236 g/mol. The lowest BCUT2D eigenvalue weighted by Gasteiger charge is -2.17. The van der Waals surface area contributed by atoms with Crippen LogP contribution in [0.4, 0.5) is 0 Å².